The van der Waals surface area contributed by atoms with Crippen LogP contribution >= 0.6 is 0 Å². The molecule has 0 spiro atoms. The molecule has 0 aliphatic carbocycles. The number of nitrogens with zero attached hydrogens (tertiary/aromatic N) is 2. The lowest BCUT2D eigenvalue weighted by Gasteiger charge is -2.12. The smallest absolute Gasteiger partial charge is 0.127 e. The van der Waals surface area contributed by atoms with Gasteiger partial charge in [-0.3, -0.25) is 9.98 Å². The maximum absolute atomic E-state index is 10.0. The Labute approximate surface area is 143 Å². The first kappa shape index (κ1) is 17.7. The monoisotopic (exact) mass is 324 g/mol. The Balaban J connectivity index is 2.08. The van der Waals surface area contributed by atoms with Crippen molar-refractivity contribution in [1.82, 2.24) is 0 Å². The number of hydrogen-bond acceptors (Lipinski definition) is 4. The second kappa shape index (κ2) is 7.77. The number of phenols is 2. The van der Waals surface area contributed by atoms with E-state index in [1.165, 1.54) is 0 Å². The zero-order valence-electron chi connectivity index (χ0n) is 14.6. The molecule has 2 aromatic carbocycles. The molecule has 0 aliphatic heterocycles. The van der Waals surface area contributed by atoms with Crippen LogP contribution in [0.15, 0.2) is 46.4 Å². The summed E-state index contributed by atoms with van der Waals surface area (Å²) in [5.74, 6) is 0.517. The molecule has 0 aromatic heterocycles. The van der Waals surface area contributed by atoms with E-state index in [-0.39, 0.29) is 23.6 Å². The lowest BCUT2D eigenvalue weighted by Crippen LogP contribution is -2.16. The van der Waals surface area contributed by atoms with Gasteiger partial charge in [0.25, 0.3) is 0 Å². The number of rotatable bonds is 5. The molecule has 2 atom stereocenters. The minimum Gasteiger partial charge on any atom is -0.507 e. The van der Waals surface area contributed by atoms with Crippen molar-refractivity contribution in [3.05, 3.63) is 58.7 Å². The van der Waals surface area contributed by atoms with Crippen LogP contribution in [0.5, 0.6) is 11.5 Å². The Morgan fingerprint density at radius 1 is 0.750 bits per heavy atom. The Kier molecular flexibility index (Phi) is 5.74. The van der Waals surface area contributed by atoms with E-state index in [9.17, 15) is 10.2 Å². The van der Waals surface area contributed by atoms with E-state index in [2.05, 4.69) is 9.98 Å². The number of aliphatic imine (C=N–C) groups is 2. The van der Waals surface area contributed by atoms with Crippen molar-refractivity contribution in [2.45, 2.75) is 39.8 Å². The average Bonchev–Trinajstić information content (AvgIpc) is 2.57. The molecule has 0 amide bonds. The molecule has 0 saturated carbocycles. The third-order valence-corrected chi connectivity index (χ3v) is 4.13. The molecule has 0 saturated heterocycles. The van der Waals surface area contributed by atoms with Gasteiger partial charge < -0.3 is 10.2 Å². The largest absolute Gasteiger partial charge is 0.507 e. The number of phenolic OH excluding ortho intramolecular Hbond substituents is 2. The van der Waals surface area contributed by atoms with Crippen molar-refractivity contribution >= 4 is 12.4 Å². The minimum absolute atomic E-state index is 0.0480. The Bertz CT molecular complexity index is 701. The van der Waals surface area contributed by atoms with E-state index >= 15 is 0 Å². The SMILES string of the molecule is Cc1cccc(C=N[C@H](C)[C@@H](C)N=Cc2cccc(C)c2O)c1O. The van der Waals surface area contributed by atoms with E-state index in [1.54, 1.807) is 12.4 Å². The molecule has 24 heavy (non-hydrogen) atoms. The van der Waals surface area contributed by atoms with E-state index < -0.39 is 0 Å². The van der Waals surface area contributed by atoms with Gasteiger partial charge in [0.1, 0.15) is 11.5 Å². The summed E-state index contributed by atoms with van der Waals surface area (Å²) in [4.78, 5) is 8.97. The van der Waals surface area contributed by atoms with Crippen LogP contribution in [0.1, 0.15) is 36.1 Å². The van der Waals surface area contributed by atoms with Gasteiger partial charge in [0.2, 0.25) is 0 Å². The second-order valence-corrected chi connectivity index (χ2v) is 6.06. The molecule has 0 unspecified atom stereocenters. The number of aryl methyl sites for hydroxylation is 2. The van der Waals surface area contributed by atoms with Crippen LogP contribution in [0.3, 0.4) is 0 Å². The molecule has 2 aromatic rings. The van der Waals surface area contributed by atoms with Crippen LogP contribution < -0.4 is 0 Å². The highest BCUT2D eigenvalue weighted by Crippen LogP contribution is 2.21. The topological polar surface area (TPSA) is 65.2 Å². The Hall–Kier alpha value is -2.62. The summed E-state index contributed by atoms with van der Waals surface area (Å²) in [5.41, 5.74) is 3.06. The molecule has 0 fully saturated rings. The summed E-state index contributed by atoms with van der Waals surface area (Å²) < 4.78 is 0. The van der Waals surface area contributed by atoms with Crippen LogP contribution in [0.25, 0.3) is 0 Å². The van der Waals surface area contributed by atoms with E-state index in [1.807, 2.05) is 64.1 Å². The van der Waals surface area contributed by atoms with Gasteiger partial charge in [-0.25, -0.2) is 0 Å². The molecular weight excluding hydrogens is 300 g/mol. The molecule has 4 heteroatoms. The summed E-state index contributed by atoms with van der Waals surface area (Å²) in [7, 11) is 0. The van der Waals surface area contributed by atoms with Gasteiger partial charge in [-0.15, -0.1) is 0 Å². The Morgan fingerprint density at radius 2 is 1.12 bits per heavy atom. The first-order valence-electron chi connectivity index (χ1n) is 8.03. The summed E-state index contributed by atoms with van der Waals surface area (Å²) >= 11 is 0. The fourth-order valence-electron chi connectivity index (χ4n) is 2.22. The summed E-state index contributed by atoms with van der Waals surface area (Å²) in [6.07, 6.45) is 3.37. The standard InChI is InChI=1S/C20H24N2O2/c1-13-7-5-9-17(19(13)23)11-21-15(3)16(4)22-12-18-10-6-8-14(2)20(18)24/h5-12,15-16,23-24H,1-4H3/t15-,16-/m1/s1. The van der Waals surface area contributed by atoms with Gasteiger partial charge in [0, 0.05) is 23.6 Å². The van der Waals surface area contributed by atoms with Gasteiger partial charge in [-0.1, -0.05) is 24.3 Å². The average molecular weight is 324 g/mol. The Morgan fingerprint density at radius 3 is 1.50 bits per heavy atom. The summed E-state index contributed by atoms with van der Waals surface area (Å²) in [6, 6.07) is 11.1. The highest BCUT2D eigenvalue weighted by atomic mass is 16.3. The summed E-state index contributed by atoms with van der Waals surface area (Å²) in [6.45, 7) is 7.66. The third-order valence-electron chi connectivity index (χ3n) is 4.13. The fraction of sp³-hybridized carbons (Fsp3) is 0.300. The quantitative estimate of drug-likeness (QED) is 0.816. The molecule has 0 radical (unpaired) electrons. The molecule has 4 nitrogen and oxygen atoms in total. The number of hydrogen-bond donors (Lipinski definition) is 2. The number of benzene rings is 2. The van der Waals surface area contributed by atoms with Crippen LogP contribution in [0, 0.1) is 13.8 Å². The van der Waals surface area contributed by atoms with Crippen molar-refractivity contribution in [3.63, 3.8) is 0 Å². The maximum atomic E-state index is 10.0. The first-order valence-corrected chi connectivity index (χ1v) is 8.03. The van der Waals surface area contributed by atoms with Crippen LogP contribution in [0.4, 0.5) is 0 Å². The van der Waals surface area contributed by atoms with Crippen molar-refractivity contribution in [3.8, 4) is 11.5 Å². The molecule has 2 N–H and O–H groups in total. The van der Waals surface area contributed by atoms with Crippen LogP contribution in [0.2, 0.25) is 0 Å². The molecular formula is C20H24N2O2. The highest BCUT2D eigenvalue weighted by molar-refractivity contribution is 5.85. The number of aromatic hydroxyl groups is 2. The second-order valence-electron chi connectivity index (χ2n) is 6.06. The minimum atomic E-state index is -0.0480. The van der Waals surface area contributed by atoms with Crippen molar-refractivity contribution in [2.75, 3.05) is 0 Å². The zero-order valence-corrected chi connectivity index (χ0v) is 14.6. The lowest BCUT2D eigenvalue weighted by atomic mass is 10.1. The van der Waals surface area contributed by atoms with Crippen molar-refractivity contribution < 1.29 is 10.2 Å². The highest BCUT2D eigenvalue weighted by Gasteiger charge is 2.09. The van der Waals surface area contributed by atoms with Crippen LogP contribution in [-0.4, -0.2) is 34.7 Å². The van der Waals surface area contributed by atoms with E-state index in [0.29, 0.717) is 11.1 Å². The zero-order chi connectivity index (χ0) is 17.7. The fourth-order valence-corrected chi connectivity index (χ4v) is 2.22. The predicted molar refractivity (Wildman–Crippen MR) is 99.8 cm³/mol. The van der Waals surface area contributed by atoms with Gasteiger partial charge in [0.15, 0.2) is 0 Å². The molecule has 0 heterocycles. The normalized spacial score (nSPS) is 14.3. The van der Waals surface area contributed by atoms with E-state index in [0.717, 1.165) is 11.1 Å². The summed E-state index contributed by atoms with van der Waals surface area (Å²) in [5, 5.41) is 20.0. The van der Waals surface area contributed by atoms with Gasteiger partial charge in [0.05, 0.1) is 12.1 Å². The van der Waals surface area contributed by atoms with Gasteiger partial charge in [-0.2, -0.15) is 0 Å². The first-order chi connectivity index (χ1) is 11.4. The van der Waals surface area contributed by atoms with Crippen molar-refractivity contribution in [2.24, 2.45) is 9.98 Å². The van der Waals surface area contributed by atoms with Gasteiger partial charge >= 0.3 is 0 Å². The third kappa shape index (κ3) is 4.22. The molecule has 126 valence electrons. The number of para-hydroxylation sites is 2. The van der Waals surface area contributed by atoms with Crippen LogP contribution in [-0.2, 0) is 0 Å². The van der Waals surface area contributed by atoms with Crippen molar-refractivity contribution in [1.29, 1.82) is 0 Å². The molecule has 0 aliphatic rings. The predicted octanol–water partition coefficient (Wildman–Crippen LogP) is 4.03. The molecule has 0 bridgehead atoms. The lowest BCUT2D eigenvalue weighted by molar-refractivity contribution is 0.469. The molecule has 2 rings (SSSR count). The van der Waals surface area contributed by atoms with E-state index in [4.69, 9.17) is 0 Å². The van der Waals surface area contributed by atoms with Gasteiger partial charge in [-0.05, 0) is 51.0 Å². The maximum Gasteiger partial charge on any atom is 0.127 e.